The zero-order valence-corrected chi connectivity index (χ0v) is 15.2. The van der Waals surface area contributed by atoms with Crippen molar-refractivity contribution in [2.45, 2.75) is 46.6 Å². The topological polar surface area (TPSA) is 79.5 Å². The molecule has 0 radical (unpaired) electrons. The zero-order chi connectivity index (χ0) is 16.9. The summed E-state index contributed by atoms with van der Waals surface area (Å²) in [6.07, 6.45) is 2.55. The van der Waals surface area contributed by atoms with Gasteiger partial charge in [0.15, 0.2) is 5.82 Å². The van der Waals surface area contributed by atoms with Crippen LogP contribution in [0.15, 0.2) is 4.52 Å². The molecule has 8 heteroatoms. The molecule has 1 fully saturated rings. The first kappa shape index (κ1) is 18.4. The van der Waals surface area contributed by atoms with Gasteiger partial charge in [0.25, 0.3) is 0 Å². The second kappa shape index (κ2) is 8.21. The lowest BCUT2D eigenvalue weighted by Crippen LogP contribution is -2.49. The third kappa shape index (κ3) is 4.99. The van der Waals surface area contributed by atoms with E-state index in [2.05, 4.69) is 28.9 Å². The van der Waals surface area contributed by atoms with E-state index >= 15 is 0 Å². The summed E-state index contributed by atoms with van der Waals surface area (Å²) < 4.78 is 31.7. The van der Waals surface area contributed by atoms with E-state index in [1.165, 1.54) is 0 Å². The van der Waals surface area contributed by atoms with Crippen molar-refractivity contribution in [3.05, 3.63) is 11.7 Å². The molecule has 0 spiro atoms. The monoisotopic (exact) mass is 344 g/mol. The van der Waals surface area contributed by atoms with Gasteiger partial charge < -0.3 is 4.52 Å². The number of nitrogens with zero attached hydrogens (tertiary/aromatic N) is 4. The molecule has 1 aromatic heterocycles. The second-order valence-corrected chi connectivity index (χ2v) is 8.11. The average Bonchev–Trinajstić information content (AvgIpc) is 3.00. The van der Waals surface area contributed by atoms with E-state index < -0.39 is 10.0 Å². The predicted octanol–water partition coefficient (Wildman–Crippen LogP) is 1.52. The van der Waals surface area contributed by atoms with Crippen molar-refractivity contribution < 1.29 is 12.9 Å². The Hall–Kier alpha value is -0.990. The lowest BCUT2D eigenvalue weighted by molar-refractivity contribution is 0.176. The van der Waals surface area contributed by atoms with Crippen LogP contribution in [0.25, 0.3) is 0 Å². The number of piperazine rings is 1. The number of hydrogen-bond donors (Lipinski definition) is 0. The Morgan fingerprint density at radius 1 is 1.13 bits per heavy atom. The highest BCUT2D eigenvalue weighted by molar-refractivity contribution is 7.89. The van der Waals surface area contributed by atoms with Crippen molar-refractivity contribution in [2.75, 3.05) is 31.9 Å². The molecule has 0 amide bonds. The fraction of sp³-hybridized carbons (Fsp3) is 0.867. The highest BCUT2D eigenvalue weighted by Gasteiger charge is 2.29. The summed E-state index contributed by atoms with van der Waals surface area (Å²) in [5, 5.41) is 3.95. The number of hydrogen-bond acceptors (Lipinski definition) is 6. The van der Waals surface area contributed by atoms with Crippen molar-refractivity contribution in [3.8, 4) is 0 Å². The Labute approximate surface area is 139 Å². The molecule has 132 valence electrons. The molecule has 0 bridgehead atoms. The quantitative estimate of drug-likeness (QED) is 0.711. The molecule has 0 aliphatic carbocycles. The van der Waals surface area contributed by atoms with Crippen molar-refractivity contribution in [3.63, 3.8) is 0 Å². The molecule has 2 rings (SSSR count). The molecule has 0 atom stereocenters. The molecule has 0 aromatic carbocycles. The zero-order valence-electron chi connectivity index (χ0n) is 14.4. The summed E-state index contributed by atoms with van der Waals surface area (Å²) in [5.74, 6) is 1.84. The normalized spacial score (nSPS) is 17.9. The first-order chi connectivity index (χ1) is 11.0. The van der Waals surface area contributed by atoms with Gasteiger partial charge in [-0.2, -0.15) is 9.29 Å². The average molecular weight is 344 g/mol. The van der Waals surface area contributed by atoms with Gasteiger partial charge in [0, 0.05) is 32.6 Å². The Balaban J connectivity index is 1.85. The van der Waals surface area contributed by atoms with E-state index in [0.717, 1.165) is 19.3 Å². The molecule has 1 saturated heterocycles. The minimum atomic E-state index is -3.15. The third-order valence-corrected chi connectivity index (χ3v) is 6.55. The van der Waals surface area contributed by atoms with Crippen molar-refractivity contribution in [1.29, 1.82) is 0 Å². The number of rotatable bonds is 8. The fourth-order valence-electron chi connectivity index (χ4n) is 2.79. The number of aromatic nitrogens is 2. The van der Waals surface area contributed by atoms with Crippen LogP contribution in [0.5, 0.6) is 0 Å². The van der Waals surface area contributed by atoms with Crippen molar-refractivity contribution in [2.24, 2.45) is 5.92 Å². The van der Waals surface area contributed by atoms with Gasteiger partial charge in [0.05, 0.1) is 12.3 Å². The smallest absolute Gasteiger partial charge is 0.226 e. The summed E-state index contributed by atoms with van der Waals surface area (Å²) in [5.41, 5.74) is 0. The highest BCUT2D eigenvalue weighted by atomic mass is 32.2. The van der Waals surface area contributed by atoms with E-state index in [1.54, 1.807) is 4.31 Å². The summed E-state index contributed by atoms with van der Waals surface area (Å²) in [7, 11) is -3.15. The van der Waals surface area contributed by atoms with Crippen LogP contribution < -0.4 is 0 Å². The lowest BCUT2D eigenvalue weighted by atomic mass is 10.1. The van der Waals surface area contributed by atoms with Crippen LogP contribution in [-0.2, 0) is 23.0 Å². The number of aryl methyl sites for hydroxylation is 1. The summed E-state index contributed by atoms with van der Waals surface area (Å²) in [6, 6.07) is 0. The van der Waals surface area contributed by atoms with Gasteiger partial charge >= 0.3 is 0 Å². The second-order valence-electron chi connectivity index (χ2n) is 6.09. The van der Waals surface area contributed by atoms with Gasteiger partial charge in [-0.1, -0.05) is 38.8 Å². The molecular weight excluding hydrogens is 316 g/mol. The summed E-state index contributed by atoms with van der Waals surface area (Å²) in [6.45, 7) is 9.19. The molecule has 1 aliphatic heterocycles. The van der Waals surface area contributed by atoms with Crippen LogP contribution in [0.3, 0.4) is 0 Å². The van der Waals surface area contributed by atoms with Gasteiger partial charge in [-0.05, 0) is 5.92 Å². The molecule has 1 aliphatic rings. The molecule has 1 aromatic rings. The molecule has 0 saturated carbocycles. The Morgan fingerprint density at radius 2 is 1.78 bits per heavy atom. The molecule has 0 unspecified atom stereocenters. The van der Waals surface area contributed by atoms with Crippen LogP contribution in [-0.4, -0.2) is 59.7 Å². The largest absolute Gasteiger partial charge is 0.339 e. The maximum Gasteiger partial charge on any atom is 0.226 e. The third-order valence-electron chi connectivity index (χ3n) is 4.50. The van der Waals surface area contributed by atoms with Crippen LogP contribution in [0.4, 0.5) is 0 Å². The van der Waals surface area contributed by atoms with E-state index in [-0.39, 0.29) is 11.7 Å². The molecule has 2 heterocycles. The van der Waals surface area contributed by atoms with Crippen LogP contribution in [0, 0.1) is 5.92 Å². The SMILES string of the molecule is CCc1nc(CN2CCN(S(=O)(=O)CC(CC)CC)CC2)no1. The Morgan fingerprint density at radius 3 is 2.30 bits per heavy atom. The summed E-state index contributed by atoms with van der Waals surface area (Å²) in [4.78, 5) is 6.47. The van der Waals surface area contributed by atoms with Gasteiger partial charge in [-0.3, -0.25) is 4.90 Å². The highest BCUT2D eigenvalue weighted by Crippen LogP contribution is 2.16. The van der Waals surface area contributed by atoms with Crippen molar-refractivity contribution in [1.82, 2.24) is 19.3 Å². The van der Waals surface area contributed by atoms with Gasteiger partial charge in [0.2, 0.25) is 15.9 Å². The van der Waals surface area contributed by atoms with Crippen LogP contribution >= 0.6 is 0 Å². The van der Waals surface area contributed by atoms with E-state index in [1.807, 2.05) is 6.92 Å². The van der Waals surface area contributed by atoms with E-state index in [4.69, 9.17) is 4.52 Å². The van der Waals surface area contributed by atoms with Gasteiger partial charge in [-0.15, -0.1) is 0 Å². The molecular formula is C15H28N4O3S. The summed E-state index contributed by atoms with van der Waals surface area (Å²) >= 11 is 0. The molecule has 7 nitrogen and oxygen atoms in total. The van der Waals surface area contributed by atoms with Gasteiger partial charge in [-0.25, -0.2) is 8.42 Å². The maximum absolute atomic E-state index is 12.5. The van der Waals surface area contributed by atoms with E-state index in [9.17, 15) is 8.42 Å². The lowest BCUT2D eigenvalue weighted by Gasteiger charge is -2.34. The Kier molecular flexibility index (Phi) is 6.55. The van der Waals surface area contributed by atoms with Crippen molar-refractivity contribution >= 4 is 10.0 Å². The molecule has 0 N–H and O–H groups in total. The Bertz CT molecular complexity index is 575. The minimum absolute atomic E-state index is 0.254. The first-order valence-corrected chi connectivity index (χ1v) is 10.1. The number of sulfonamides is 1. The first-order valence-electron chi connectivity index (χ1n) is 8.50. The van der Waals surface area contributed by atoms with Gasteiger partial charge in [0.1, 0.15) is 0 Å². The van der Waals surface area contributed by atoms with Crippen LogP contribution in [0.2, 0.25) is 0 Å². The standard InChI is InChI=1S/C15H28N4O3S/c1-4-13(5-2)12-23(20,21)19-9-7-18(8-10-19)11-14-16-15(6-3)22-17-14/h13H,4-12H2,1-3H3. The van der Waals surface area contributed by atoms with E-state index in [0.29, 0.717) is 44.4 Å². The molecule has 23 heavy (non-hydrogen) atoms. The van der Waals surface area contributed by atoms with Crippen LogP contribution in [0.1, 0.15) is 45.3 Å². The fourth-order valence-corrected chi connectivity index (χ4v) is 4.79. The minimum Gasteiger partial charge on any atom is -0.339 e. The predicted molar refractivity (Wildman–Crippen MR) is 88.4 cm³/mol. The maximum atomic E-state index is 12.5.